The van der Waals surface area contributed by atoms with Gasteiger partial charge in [0, 0.05) is 11.4 Å². The van der Waals surface area contributed by atoms with Crippen LogP contribution < -0.4 is 10.5 Å². The molecule has 2 N–H and O–H groups in total. The van der Waals surface area contributed by atoms with Gasteiger partial charge in [-0.1, -0.05) is 6.07 Å². The number of halogens is 3. The number of ether oxygens (including phenoxy) is 1. The maximum absolute atomic E-state index is 12.2. The first-order valence-electron chi connectivity index (χ1n) is 5.64. The summed E-state index contributed by atoms with van der Waals surface area (Å²) in [7, 11) is 0. The van der Waals surface area contributed by atoms with Crippen LogP contribution in [0.1, 0.15) is 11.3 Å². The third-order valence-corrected chi connectivity index (χ3v) is 2.67. The van der Waals surface area contributed by atoms with Gasteiger partial charge >= 0.3 is 6.18 Å². The molecule has 0 atom stereocenters. The van der Waals surface area contributed by atoms with E-state index in [1.807, 2.05) is 6.92 Å². The molecule has 19 heavy (non-hydrogen) atoms. The second kappa shape index (κ2) is 4.60. The van der Waals surface area contributed by atoms with E-state index in [2.05, 4.69) is 4.98 Å². The van der Waals surface area contributed by atoms with Gasteiger partial charge in [-0.25, -0.2) is 0 Å². The van der Waals surface area contributed by atoms with E-state index >= 15 is 0 Å². The molecule has 3 nitrogen and oxygen atoms in total. The summed E-state index contributed by atoms with van der Waals surface area (Å²) in [4.78, 5) is 4.30. The molecule has 2 aromatic rings. The number of aryl methyl sites for hydroxylation is 2. The van der Waals surface area contributed by atoms with E-state index in [1.165, 1.54) is 6.07 Å². The molecule has 0 bridgehead atoms. The van der Waals surface area contributed by atoms with Crippen molar-refractivity contribution in [3.05, 3.63) is 29.5 Å². The summed E-state index contributed by atoms with van der Waals surface area (Å²) >= 11 is 0. The topological polar surface area (TPSA) is 48.1 Å². The van der Waals surface area contributed by atoms with Crippen LogP contribution >= 0.6 is 0 Å². The molecular formula is C13H13F3N2O. The summed E-state index contributed by atoms with van der Waals surface area (Å²) in [5.41, 5.74) is 8.34. The predicted octanol–water partition coefficient (Wildman–Crippen LogP) is 3.37. The summed E-state index contributed by atoms with van der Waals surface area (Å²) in [5.74, 6) is 0.0999. The summed E-state index contributed by atoms with van der Waals surface area (Å²) < 4.78 is 41.5. The maximum atomic E-state index is 12.2. The minimum absolute atomic E-state index is 0.0999. The molecule has 102 valence electrons. The van der Waals surface area contributed by atoms with Crippen molar-refractivity contribution >= 4 is 16.6 Å². The Morgan fingerprint density at radius 2 is 1.95 bits per heavy atom. The Labute approximate surface area is 108 Å². The Hall–Kier alpha value is -1.98. The van der Waals surface area contributed by atoms with Crippen molar-refractivity contribution < 1.29 is 17.9 Å². The fourth-order valence-corrected chi connectivity index (χ4v) is 1.89. The average Bonchev–Trinajstić information content (AvgIpc) is 2.27. The number of fused-ring (bicyclic) bond motifs is 1. The van der Waals surface area contributed by atoms with Crippen molar-refractivity contribution in [1.29, 1.82) is 0 Å². The Balaban J connectivity index is 2.54. The number of pyridine rings is 1. The Bertz CT molecular complexity index is 623. The van der Waals surface area contributed by atoms with Crippen LogP contribution in [0.5, 0.6) is 5.75 Å². The summed E-state index contributed by atoms with van der Waals surface area (Å²) in [6.07, 6.45) is -4.38. The Morgan fingerprint density at radius 1 is 1.26 bits per heavy atom. The zero-order valence-electron chi connectivity index (χ0n) is 10.5. The summed E-state index contributed by atoms with van der Waals surface area (Å²) in [6, 6.07) is 4.76. The maximum Gasteiger partial charge on any atom is 0.422 e. The monoisotopic (exact) mass is 270 g/mol. The minimum atomic E-state index is -4.38. The number of hydrogen-bond acceptors (Lipinski definition) is 3. The van der Waals surface area contributed by atoms with E-state index in [-0.39, 0.29) is 5.75 Å². The van der Waals surface area contributed by atoms with Gasteiger partial charge in [0.25, 0.3) is 0 Å². The number of anilines is 1. The first-order valence-corrected chi connectivity index (χ1v) is 5.64. The predicted molar refractivity (Wildman–Crippen MR) is 67.2 cm³/mol. The van der Waals surface area contributed by atoms with Crippen LogP contribution in [0, 0.1) is 13.8 Å². The molecule has 0 spiro atoms. The quantitative estimate of drug-likeness (QED) is 0.910. The van der Waals surface area contributed by atoms with Gasteiger partial charge < -0.3 is 10.5 Å². The van der Waals surface area contributed by atoms with Crippen LogP contribution in [-0.2, 0) is 0 Å². The van der Waals surface area contributed by atoms with E-state index in [0.717, 1.165) is 5.56 Å². The lowest BCUT2D eigenvalue weighted by atomic mass is 10.1. The fourth-order valence-electron chi connectivity index (χ4n) is 1.89. The lowest BCUT2D eigenvalue weighted by molar-refractivity contribution is -0.153. The number of hydrogen-bond donors (Lipinski definition) is 1. The van der Waals surface area contributed by atoms with Gasteiger partial charge in [-0.05, 0) is 31.5 Å². The van der Waals surface area contributed by atoms with Crippen molar-refractivity contribution in [3.8, 4) is 5.75 Å². The molecular weight excluding hydrogens is 257 g/mol. The first kappa shape index (κ1) is 13.5. The molecule has 0 amide bonds. The highest BCUT2D eigenvalue weighted by Crippen LogP contribution is 2.33. The van der Waals surface area contributed by atoms with Gasteiger partial charge in [-0.3, -0.25) is 4.98 Å². The molecule has 2 rings (SSSR count). The molecule has 1 aromatic heterocycles. The van der Waals surface area contributed by atoms with Crippen molar-refractivity contribution in [2.24, 2.45) is 0 Å². The minimum Gasteiger partial charge on any atom is -0.483 e. The lowest BCUT2D eigenvalue weighted by Gasteiger charge is -2.14. The van der Waals surface area contributed by atoms with Crippen molar-refractivity contribution in [2.45, 2.75) is 20.0 Å². The average molecular weight is 270 g/mol. The van der Waals surface area contributed by atoms with Crippen LogP contribution in [0.2, 0.25) is 0 Å². The SMILES string of the molecule is Cc1cc(N)c2c(OCC(F)(F)F)ccc(C)c2n1. The molecule has 0 fully saturated rings. The molecule has 0 unspecified atom stereocenters. The highest BCUT2D eigenvalue weighted by Gasteiger charge is 2.29. The van der Waals surface area contributed by atoms with Crippen molar-refractivity contribution in [2.75, 3.05) is 12.3 Å². The number of rotatable bonds is 2. The van der Waals surface area contributed by atoms with Crippen LogP contribution in [0.4, 0.5) is 18.9 Å². The van der Waals surface area contributed by atoms with Gasteiger partial charge in [-0.15, -0.1) is 0 Å². The van der Waals surface area contributed by atoms with Crippen LogP contribution in [-0.4, -0.2) is 17.8 Å². The van der Waals surface area contributed by atoms with Gasteiger partial charge in [0.15, 0.2) is 6.61 Å². The molecule has 0 aliphatic carbocycles. The van der Waals surface area contributed by atoms with Gasteiger partial charge in [0.2, 0.25) is 0 Å². The van der Waals surface area contributed by atoms with Crippen LogP contribution in [0.15, 0.2) is 18.2 Å². The van der Waals surface area contributed by atoms with Crippen LogP contribution in [0.3, 0.4) is 0 Å². The zero-order chi connectivity index (χ0) is 14.2. The van der Waals surface area contributed by atoms with E-state index in [0.29, 0.717) is 22.3 Å². The normalized spacial score (nSPS) is 11.8. The highest BCUT2D eigenvalue weighted by molar-refractivity contribution is 5.97. The van der Waals surface area contributed by atoms with Gasteiger partial charge in [0.05, 0.1) is 10.9 Å². The number of benzene rings is 1. The molecule has 1 aromatic carbocycles. The third kappa shape index (κ3) is 2.89. The summed E-state index contributed by atoms with van der Waals surface area (Å²) in [5, 5.41) is 0.426. The van der Waals surface area contributed by atoms with E-state index in [4.69, 9.17) is 10.5 Å². The van der Waals surface area contributed by atoms with E-state index < -0.39 is 12.8 Å². The summed E-state index contributed by atoms with van der Waals surface area (Å²) in [6.45, 7) is 2.25. The second-order valence-electron chi connectivity index (χ2n) is 4.36. The van der Waals surface area contributed by atoms with E-state index in [9.17, 15) is 13.2 Å². The lowest BCUT2D eigenvalue weighted by Crippen LogP contribution is -2.19. The number of alkyl halides is 3. The van der Waals surface area contributed by atoms with Crippen molar-refractivity contribution in [1.82, 2.24) is 4.98 Å². The fraction of sp³-hybridized carbons (Fsp3) is 0.308. The number of nitrogens with two attached hydrogens (primary N) is 1. The zero-order valence-corrected chi connectivity index (χ0v) is 10.5. The third-order valence-electron chi connectivity index (χ3n) is 2.67. The molecule has 0 radical (unpaired) electrons. The Morgan fingerprint density at radius 3 is 2.58 bits per heavy atom. The van der Waals surface area contributed by atoms with Crippen LogP contribution in [0.25, 0.3) is 10.9 Å². The smallest absolute Gasteiger partial charge is 0.422 e. The largest absolute Gasteiger partial charge is 0.483 e. The highest BCUT2D eigenvalue weighted by atomic mass is 19.4. The van der Waals surface area contributed by atoms with Gasteiger partial charge in [0.1, 0.15) is 5.75 Å². The number of nitrogens with zero attached hydrogens (tertiary/aromatic N) is 1. The van der Waals surface area contributed by atoms with Gasteiger partial charge in [-0.2, -0.15) is 13.2 Å². The standard InChI is InChI=1S/C13H13F3N2O/c1-7-3-4-10(19-6-13(14,15)16)11-9(17)5-8(2)18-12(7)11/h3-5H,6H2,1-2H3,(H2,17,18). The molecule has 1 heterocycles. The molecule has 0 aliphatic heterocycles. The molecule has 6 heteroatoms. The Kier molecular flexibility index (Phi) is 3.26. The van der Waals surface area contributed by atoms with E-state index in [1.54, 1.807) is 19.1 Å². The number of aromatic nitrogens is 1. The molecule has 0 aliphatic rings. The first-order chi connectivity index (χ1) is 8.78. The number of nitrogen functional groups attached to an aromatic ring is 1. The molecule has 0 saturated carbocycles. The van der Waals surface area contributed by atoms with Crippen molar-refractivity contribution in [3.63, 3.8) is 0 Å². The molecule has 0 saturated heterocycles. The second-order valence-corrected chi connectivity index (χ2v) is 4.36.